The van der Waals surface area contributed by atoms with Gasteiger partial charge in [-0.05, 0) is 32.4 Å². The molecule has 1 nitrogen and oxygen atoms in total. The van der Waals surface area contributed by atoms with Crippen molar-refractivity contribution in [3.05, 3.63) is 47.3 Å². The number of hydrogen-bond donors (Lipinski definition) is 0. The minimum absolute atomic E-state index is 0. The lowest BCUT2D eigenvalue weighted by molar-refractivity contribution is -0.0703. The normalized spacial score (nSPS) is 27.6. The maximum absolute atomic E-state index is 14.2. The molecule has 0 bridgehead atoms. The molecule has 1 atom stereocenters. The topological polar surface area (TPSA) is 9.23 Å². The summed E-state index contributed by atoms with van der Waals surface area (Å²) in [6.45, 7) is 4.03. The minimum atomic E-state index is -1.65. The van der Waals surface area contributed by atoms with Crippen LogP contribution < -0.4 is 0 Å². The zero-order chi connectivity index (χ0) is 11.6. The molecule has 0 fully saturated rings. The molecule has 0 radical (unpaired) electrons. The lowest BCUT2D eigenvalue weighted by Crippen LogP contribution is -2.25. The molecule has 17 heavy (non-hydrogen) atoms. The van der Waals surface area contributed by atoms with Crippen molar-refractivity contribution in [2.75, 3.05) is 0 Å². The highest BCUT2D eigenvalue weighted by Crippen LogP contribution is 2.31. The van der Waals surface area contributed by atoms with E-state index >= 15 is 0 Å². The van der Waals surface area contributed by atoms with Crippen molar-refractivity contribution in [1.29, 1.82) is 0 Å². The molecule has 0 spiro atoms. The lowest BCUT2D eigenvalue weighted by atomic mass is 10.0. The van der Waals surface area contributed by atoms with E-state index in [4.69, 9.17) is 4.74 Å². The second-order valence-electron chi connectivity index (χ2n) is 4.52. The fourth-order valence-electron chi connectivity index (χ4n) is 1.79. The van der Waals surface area contributed by atoms with Gasteiger partial charge in [-0.15, -0.1) is 0 Å². The van der Waals surface area contributed by atoms with Gasteiger partial charge in [0.25, 0.3) is 5.85 Å². The Hall–Kier alpha value is -1.38. The second kappa shape index (κ2) is 5.30. The molecule has 1 unspecified atom stereocenters. The molecule has 0 aromatic rings. The first-order valence-electron chi connectivity index (χ1n) is 5.68. The van der Waals surface area contributed by atoms with Crippen LogP contribution in [0.1, 0.15) is 33.1 Å². The van der Waals surface area contributed by atoms with Crippen LogP contribution in [0.2, 0.25) is 0 Å². The zero-order valence-electron chi connectivity index (χ0n) is 10.2. The highest BCUT2D eigenvalue weighted by molar-refractivity contribution is 5.26. The first-order valence-corrected chi connectivity index (χ1v) is 5.68. The summed E-state index contributed by atoms with van der Waals surface area (Å²) in [7, 11) is 0. The van der Waals surface area contributed by atoms with Crippen LogP contribution in [-0.2, 0) is 4.74 Å². The average Bonchev–Trinajstić information content (AvgIpc) is 2.27. The summed E-state index contributed by atoms with van der Waals surface area (Å²) in [4.78, 5) is 0. The second-order valence-corrected chi connectivity index (χ2v) is 4.52. The minimum Gasteiger partial charge on any atom is -0.458 e. The molecule has 0 saturated carbocycles. The molecule has 0 N–H and O–H groups in total. The van der Waals surface area contributed by atoms with Gasteiger partial charge in [-0.1, -0.05) is 29.4 Å². The summed E-state index contributed by atoms with van der Waals surface area (Å²) < 4.78 is 19.6. The Balaban J connectivity index is 0.00000144. The van der Waals surface area contributed by atoms with Crippen LogP contribution in [0, 0.1) is 0 Å². The van der Waals surface area contributed by atoms with Gasteiger partial charge in [0.2, 0.25) is 0 Å². The van der Waals surface area contributed by atoms with Crippen LogP contribution in [0.4, 0.5) is 9.09 Å². The van der Waals surface area contributed by atoms with E-state index in [1.54, 1.807) is 6.08 Å². The highest BCUT2D eigenvalue weighted by Gasteiger charge is 2.30. The third-order valence-corrected chi connectivity index (χ3v) is 2.92. The third kappa shape index (κ3) is 3.55. The van der Waals surface area contributed by atoms with E-state index in [0.717, 1.165) is 24.2 Å². The molecule has 94 valence electrons. The summed E-state index contributed by atoms with van der Waals surface area (Å²) in [5, 5.41) is 0. The fraction of sp³-hybridized carbons (Fsp3) is 0.429. The Morgan fingerprint density at radius 1 is 1.24 bits per heavy atom. The largest absolute Gasteiger partial charge is 0.458 e. The molecule has 0 amide bonds. The van der Waals surface area contributed by atoms with Gasteiger partial charge in [-0.2, -0.15) is 4.39 Å². The standard InChI is InChI=1S/C14H17FO.FH/c1-11-3-5-13(6-4-11)16-14(15)9-7-12(2)8-10-14;/h3,5,7-9H,4,6,10H2,1-2H3;1H. The first-order chi connectivity index (χ1) is 7.57. The summed E-state index contributed by atoms with van der Waals surface area (Å²) >= 11 is 0. The molecule has 0 saturated heterocycles. The van der Waals surface area contributed by atoms with E-state index in [-0.39, 0.29) is 4.70 Å². The Labute approximate surface area is 101 Å². The Morgan fingerprint density at radius 3 is 2.53 bits per heavy atom. The van der Waals surface area contributed by atoms with Gasteiger partial charge in [-0.3, -0.25) is 4.70 Å². The Morgan fingerprint density at radius 2 is 2.00 bits per heavy atom. The van der Waals surface area contributed by atoms with E-state index in [1.165, 1.54) is 11.6 Å². The molecular formula is C14H18F2O. The van der Waals surface area contributed by atoms with Gasteiger partial charge in [0.15, 0.2) is 0 Å². The van der Waals surface area contributed by atoms with Crippen LogP contribution in [0.25, 0.3) is 0 Å². The summed E-state index contributed by atoms with van der Waals surface area (Å²) in [6, 6.07) is 0. The van der Waals surface area contributed by atoms with Gasteiger partial charge in [-0.25, -0.2) is 0 Å². The van der Waals surface area contributed by atoms with E-state index in [9.17, 15) is 4.39 Å². The maximum atomic E-state index is 14.2. The van der Waals surface area contributed by atoms with Crippen molar-refractivity contribution in [1.82, 2.24) is 0 Å². The van der Waals surface area contributed by atoms with Crippen molar-refractivity contribution in [2.24, 2.45) is 0 Å². The van der Waals surface area contributed by atoms with Gasteiger partial charge in [0.05, 0.1) is 0 Å². The van der Waals surface area contributed by atoms with Crippen molar-refractivity contribution >= 4 is 0 Å². The predicted molar refractivity (Wildman–Crippen MR) is 66.0 cm³/mol. The quantitative estimate of drug-likeness (QED) is 0.697. The molecule has 3 heteroatoms. The van der Waals surface area contributed by atoms with E-state index in [1.807, 2.05) is 25.2 Å². The average molecular weight is 240 g/mol. The fourth-order valence-corrected chi connectivity index (χ4v) is 1.79. The van der Waals surface area contributed by atoms with Gasteiger partial charge >= 0.3 is 0 Å². The molecular weight excluding hydrogens is 222 g/mol. The Bertz CT molecular complexity index is 404. The molecule has 0 heterocycles. The number of rotatable bonds is 2. The molecule has 0 aliphatic heterocycles. The summed E-state index contributed by atoms with van der Waals surface area (Å²) in [5.74, 6) is -0.907. The van der Waals surface area contributed by atoms with Gasteiger partial charge in [0, 0.05) is 12.8 Å². The Kier molecular flexibility index (Phi) is 4.27. The van der Waals surface area contributed by atoms with Crippen molar-refractivity contribution in [2.45, 2.75) is 39.0 Å². The lowest BCUT2D eigenvalue weighted by Gasteiger charge is -2.27. The van der Waals surface area contributed by atoms with E-state index in [2.05, 4.69) is 6.92 Å². The summed E-state index contributed by atoms with van der Waals surface area (Å²) in [6.07, 6.45) is 11.1. The van der Waals surface area contributed by atoms with E-state index < -0.39 is 5.85 Å². The van der Waals surface area contributed by atoms with Gasteiger partial charge < -0.3 is 4.74 Å². The first kappa shape index (κ1) is 13.7. The van der Waals surface area contributed by atoms with Crippen molar-refractivity contribution in [3.63, 3.8) is 0 Å². The highest BCUT2D eigenvalue weighted by atomic mass is 19.2. The zero-order valence-corrected chi connectivity index (χ0v) is 10.2. The molecule has 2 aliphatic carbocycles. The molecule has 0 aromatic heterocycles. The van der Waals surface area contributed by atoms with Crippen LogP contribution in [-0.4, -0.2) is 5.85 Å². The van der Waals surface area contributed by atoms with Crippen LogP contribution in [0.3, 0.4) is 0 Å². The van der Waals surface area contributed by atoms with E-state index in [0.29, 0.717) is 6.42 Å². The van der Waals surface area contributed by atoms with Crippen molar-refractivity contribution < 1.29 is 13.8 Å². The number of allylic oxidation sites excluding steroid dienone is 6. The van der Waals surface area contributed by atoms with Crippen LogP contribution in [0.5, 0.6) is 0 Å². The third-order valence-electron chi connectivity index (χ3n) is 2.92. The van der Waals surface area contributed by atoms with Crippen LogP contribution in [0.15, 0.2) is 47.3 Å². The molecule has 0 aromatic carbocycles. The number of ether oxygens (including phenoxy) is 1. The SMILES string of the molecule is CC1=CCC(F)(OC2=CC=C(C)CC2)C=C1.F. The number of alkyl halides is 1. The smallest absolute Gasteiger partial charge is 0.270 e. The van der Waals surface area contributed by atoms with Crippen molar-refractivity contribution in [3.8, 4) is 0 Å². The summed E-state index contributed by atoms with van der Waals surface area (Å²) in [5.41, 5.74) is 2.40. The molecule has 2 aliphatic rings. The number of halogens is 2. The monoisotopic (exact) mass is 240 g/mol. The maximum Gasteiger partial charge on any atom is 0.270 e. The predicted octanol–water partition coefficient (Wildman–Crippen LogP) is 4.35. The van der Waals surface area contributed by atoms with Crippen LogP contribution >= 0.6 is 0 Å². The number of hydrogen-bond acceptors (Lipinski definition) is 1. The molecule has 2 rings (SSSR count). The van der Waals surface area contributed by atoms with Gasteiger partial charge in [0.1, 0.15) is 5.76 Å².